The molecule has 0 aliphatic carbocycles. The molecule has 0 spiro atoms. The van der Waals surface area contributed by atoms with Crippen LogP contribution in [0.3, 0.4) is 0 Å². The lowest BCUT2D eigenvalue weighted by Crippen LogP contribution is -2.40. The van der Waals surface area contributed by atoms with Crippen molar-refractivity contribution in [1.82, 2.24) is 5.32 Å². The summed E-state index contributed by atoms with van der Waals surface area (Å²) in [6, 6.07) is 3.68. The number of benzene rings is 1. The van der Waals surface area contributed by atoms with Crippen molar-refractivity contribution in [2.75, 3.05) is 11.9 Å². The van der Waals surface area contributed by atoms with E-state index in [1.807, 2.05) is 0 Å². The average molecular weight is 336 g/mol. The second-order valence-electron chi connectivity index (χ2n) is 4.88. The first kappa shape index (κ1) is 18.3. The van der Waals surface area contributed by atoms with Gasteiger partial charge in [-0.3, -0.25) is 0 Å². The zero-order valence-electron chi connectivity index (χ0n) is 12.1. The molecule has 2 atom stereocenters. The Kier molecular flexibility index (Phi) is 6.24. The normalized spacial score (nSPS) is 14.5. The third-order valence-electron chi connectivity index (χ3n) is 3.16. The van der Waals surface area contributed by atoms with Gasteiger partial charge in [-0.25, -0.2) is 13.2 Å². The molecule has 1 aromatic carbocycles. The van der Waals surface area contributed by atoms with Crippen molar-refractivity contribution < 1.29 is 27.1 Å². The van der Waals surface area contributed by atoms with Gasteiger partial charge in [0, 0.05) is 18.3 Å². The molecule has 0 unspecified atom stereocenters. The highest BCUT2D eigenvalue weighted by atomic mass is 32.2. The summed E-state index contributed by atoms with van der Waals surface area (Å²) in [5.41, 5.74) is 0.0723. The molecule has 0 radical (unpaired) electrons. The van der Waals surface area contributed by atoms with Crippen LogP contribution in [0.15, 0.2) is 29.2 Å². The smallest absolute Gasteiger partial charge is 0.341 e. The lowest BCUT2D eigenvalue weighted by Gasteiger charge is -2.19. The Morgan fingerprint density at radius 2 is 1.95 bits per heavy atom. The number of amides is 2. The van der Waals surface area contributed by atoms with E-state index in [1.165, 1.54) is 12.1 Å². The van der Waals surface area contributed by atoms with Crippen LogP contribution in [-0.4, -0.2) is 38.0 Å². The quantitative estimate of drug-likeness (QED) is 0.738. The molecule has 1 aromatic rings. The van der Waals surface area contributed by atoms with E-state index in [1.54, 1.807) is 13.8 Å². The number of nitrogens with one attached hydrogen (secondary N) is 2. The molecule has 0 heterocycles. The predicted molar refractivity (Wildman–Crippen MR) is 77.5 cm³/mol. The topological polar surface area (TPSA) is 95.5 Å². The largest absolute Gasteiger partial charge is 0.396 e. The van der Waals surface area contributed by atoms with Gasteiger partial charge in [0.2, 0.25) is 9.84 Å². The maximum absolute atomic E-state index is 12.5. The van der Waals surface area contributed by atoms with E-state index in [0.717, 1.165) is 12.1 Å². The van der Waals surface area contributed by atoms with E-state index in [9.17, 15) is 22.0 Å². The van der Waals surface area contributed by atoms with E-state index < -0.39 is 26.5 Å². The van der Waals surface area contributed by atoms with E-state index in [0.29, 0.717) is 0 Å². The summed E-state index contributed by atoms with van der Waals surface area (Å²) in [5, 5.41) is 13.9. The van der Waals surface area contributed by atoms with Crippen LogP contribution in [0.5, 0.6) is 0 Å². The number of carbonyl (C=O) groups excluding carboxylic acids is 1. The minimum absolute atomic E-state index is 0.0723. The lowest BCUT2D eigenvalue weighted by atomic mass is 10.1. The highest BCUT2D eigenvalue weighted by Crippen LogP contribution is 2.21. The molecular weight excluding hydrogens is 318 g/mol. The van der Waals surface area contributed by atoms with E-state index in [4.69, 9.17) is 5.11 Å². The van der Waals surface area contributed by atoms with Crippen molar-refractivity contribution in [2.45, 2.75) is 30.5 Å². The summed E-state index contributed by atoms with van der Waals surface area (Å²) >= 11 is 0. The fourth-order valence-corrected chi connectivity index (χ4v) is 2.29. The molecule has 0 bridgehead atoms. The fraction of sp³-hybridized carbons (Fsp3) is 0.462. The number of hydrogen-bond donors (Lipinski definition) is 3. The monoisotopic (exact) mass is 336 g/mol. The Balaban J connectivity index is 2.82. The number of rotatable bonds is 6. The lowest BCUT2D eigenvalue weighted by molar-refractivity contribution is 0.204. The van der Waals surface area contributed by atoms with Gasteiger partial charge in [-0.15, -0.1) is 0 Å². The first-order chi connectivity index (χ1) is 10.2. The predicted octanol–water partition coefficient (Wildman–Crippen LogP) is 1.82. The van der Waals surface area contributed by atoms with Crippen molar-refractivity contribution in [3.63, 3.8) is 0 Å². The highest BCUT2D eigenvalue weighted by Gasteiger charge is 2.26. The zero-order chi connectivity index (χ0) is 16.9. The number of alkyl halides is 2. The van der Waals surface area contributed by atoms with Crippen molar-refractivity contribution in [3.8, 4) is 0 Å². The summed E-state index contributed by atoms with van der Waals surface area (Å²) in [4.78, 5) is 11.2. The zero-order valence-corrected chi connectivity index (χ0v) is 12.9. The number of sulfone groups is 1. The molecule has 9 heteroatoms. The van der Waals surface area contributed by atoms with Crippen LogP contribution >= 0.6 is 0 Å². The Hall–Kier alpha value is -1.74. The van der Waals surface area contributed by atoms with Gasteiger partial charge in [0.25, 0.3) is 0 Å². The molecular formula is C13H18F2N2O4S. The van der Waals surface area contributed by atoms with Crippen LogP contribution in [0.25, 0.3) is 0 Å². The number of aliphatic hydroxyl groups excluding tert-OH is 1. The summed E-state index contributed by atoms with van der Waals surface area (Å²) < 4.78 is 47.7. The average Bonchev–Trinajstić information content (AvgIpc) is 2.46. The van der Waals surface area contributed by atoms with E-state index in [-0.39, 0.29) is 24.3 Å². The molecule has 0 fully saturated rings. The van der Waals surface area contributed by atoms with E-state index >= 15 is 0 Å². The molecule has 0 saturated heterocycles. The van der Waals surface area contributed by atoms with Crippen molar-refractivity contribution in [3.05, 3.63) is 24.3 Å². The second kappa shape index (κ2) is 7.50. The minimum Gasteiger partial charge on any atom is -0.396 e. The molecule has 22 heavy (non-hydrogen) atoms. The number of aliphatic hydroxyl groups is 1. The van der Waals surface area contributed by atoms with Gasteiger partial charge in [0.05, 0.1) is 4.90 Å². The van der Waals surface area contributed by atoms with Gasteiger partial charge in [0.15, 0.2) is 0 Å². The van der Waals surface area contributed by atoms with Gasteiger partial charge < -0.3 is 15.7 Å². The third kappa shape index (κ3) is 4.63. The fourth-order valence-electron chi connectivity index (χ4n) is 1.53. The molecule has 124 valence electrons. The molecule has 3 N–H and O–H groups in total. The third-order valence-corrected chi connectivity index (χ3v) is 4.54. The van der Waals surface area contributed by atoms with Gasteiger partial charge in [-0.05, 0) is 31.0 Å². The molecule has 6 nitrogen and oxygen atoms in total. The molecule has 1 rings (SSSR count). The van der Waals surface area contributed by atoms with Gasteiger partial charge in [-0.2, -0.15) is 8.78 Å². The summed E-state index contributed by atoms with van der Waals surface area (Å²) in [6.45, 7) is 3.32. The maximum atomic E-state index is 12.5. The van der Waals surface area contributed by atoms with Crippen molar-refractivity contribution in [1.29, 1.82) is 0 Å². The van der Waals surface area contributed by atoms with Gasteiger partial charge >= 0.3 is 11.8 Å². The van der Waals surface area contributed by atoms with Crippen molar-refractivity contribution in [2.24, 2.45) is 5.92 Å². The van der Waals surface area contributed by atoms with Crippen LogP contribution in [0.1, 0.15) is 13.8 Å². The maximum Gasteiger partial charge on any atom is 0.341 e. The Morgan fingerprint density at radius 1 is 1.32 bits per heavy atom. The van der Waals surface area contributed by atoms with Crippen LogP contribution in [0.2, 0.25) is 0 Å². The van der Waals surface area contributed by atoms with E-state index in [2.05, 4.69) is 10.6 Å². The number of hydrogen-bond acceptors (Lipinski definition) is 4. The summed E-state index contributed by atoms with van der Waals surface area (Å²) in [6.07, 6.45) is 0. The Morgan fingerprint density at radius 3 is 2.50 bits per heavy atom. The summed E-state index contributed by atoms with van der Waals surface area (Å²) in [7, 11) is -4.71. The van der Waals surface area contributed by atoms with Crippen LogP contribution in [0, 0.1) is 5.92 Å². The molecule has 2 amide bonds. The Labute approximate surface area is 127 Å². The minimum atomic E-state index is -4.71. The van der Waals surface area contributed by atoms with Crippen LogP contribution < -0.4 is 10.6 Å². The van der Waals surface area contributed by atoms with Crippen LogP contribution in [0.4, 0.5) is 19.3 Å². The SMILES string of the molecule is C[C@@H](CO)[C@@H](C)NC(=O)Nc1cccc(S(=O)(=O)C(F)F)c1. The summed E-state index contributed by atoms with van der Waals surface area (Å²) in [5.74, 6) is -3.70. The molecule has 0 saturated carbocycles. The standard InChI is InChI=1S/C13H18F2N2O4S/c1-8(7-18)9(2)16-13(19)17-10-4-3-5-11(6-10)22(20,21)12(14)15/h3-6,8-9,12,18H,7H2,1-2H3,(H2,16,17,19)/t8-,9+/m0/s1. The highest BCUT2D eigenvalue weighted by molar-refractivity contribution is 7.91. The number of anilines is 1. The first-order valence-electron chi connectivity index (χ1n) is 6.49. The number of carbonyl (C=O) groups is 1. The van der Waals surface area contributed by atoms with Gasteiger partial charge in [-0.1, -0.05) is 13.0 Å². The van der Waals surface area contributed by atoms with Gasteiger partial charge in [0.1, 0.15) is 0 Å². The van der Waals surface area contributed by atoms with Crippen molar-refractivity contribution >= 4 is 21.6 Å². The molecule has 0 aromatic heterocycles. The Bertz CT molecular complexity index is 622. The van der Waals surface area contributed by atoms with Crippen LogP contribution in [-0.2, 0) is 9.84 Å². The first-order valence-corrected chi connectivity index (χ1v) is 8.03. The second-order valence-corrected chi connectivity index (χ2v) is 6.80. The molecule has 0 aliphatic rings. The number of urea groups is 1. The molecule has 0 aliphatic heterocycles. The number of halogens is 2.